The Morgan fingerprint density at radius 2 is 2.50 bits per heavy atom. The second kappa shape index (κ2) is 3.23. The number of rotatable bonds is 3. The Morgan fingerprint density at radius 1 is 1.79 bits per heavy atom. The van der Waals surface area contributed by atoms with Gasteiger partial charge in [-0.3, -0.25) is 4.68 Å². The van der Waals surface area contributed by atoms with Crippen LogP contribution in [0, 0.1) is 0 Å². The van der Waals surface area contributed by atoms with Crippen LogP contribution in [-0.2, 0) is 16.9 Å². The average molecular weight is 212 g/mol. The Labute approximate surface area is 86.6 Å². The zero-order chi connectivity index (χ0) is 10.2. The first-order valence-electron chi connectivity index (χ1n) is 4.54. The zero-order valence-electron chi connectivity index (χ0n) is 7.83. The molecule has 0 unspecified atom stereocenters. The highest BCUT2D eigenvalue weighted by Gasteiger charge is 2.47. The Hall–Kier alpha value is -1.12. The van der Waals surface area contributed by atoms with Crippen molar-refractivity contribution in [3.8, 4) is 0 Å². The van der Waals surface area contributed by atoms with E-state index in [1.165, 1.54) is 0 Å². The minimum atomic E-state index is -0.410. The molecular weight excluding hydrogens is 202 g/mol. The van der Waals surface area contributed by atoms with Crippen LogP contribution >= 0.6 is 11.6 Å². The number of hydrogen-bond donors (Lipinski definition) is 0. The van der Waals surface area contributed by atoms with Gasteiger partial charge in [0, 0.05) is 12.1 Å². The van der Waals surface area contributed by atoms with Gasteiger partial charge in [0.05, 0.1) is 6.20 Å². The Morgan fingerprint density at radius 3 is 2.93 bits per heavy atom. The van der Waals surface area contributed by atoms with Crippen molar-refractivity contribution in [1.82, 2.24) is 9.78 Å². The molecule has 1 fully saturated rings. The lowest BCUT2D eigenvalue weighted by Gasteiger charge is -2.05. The van der Waals surface area contributed by atoms with E-state index >= 15 is 0 Å². The molecule has 0 aromatic carbocycles. The Balaban J connectivity index is 2.42. The lowest BCUT2D eigenvalue weighted by Crippen LogP contribution is -2.03. The van der Waals surface area contributed by atoms with Gasteiger partial charge < -0.3 is 0 Å². The molecule has 1 aliphatic rings. The van der Waals surface area contributed by atoms with Gasteiger partial charge in [-0.1, -0.05) is 11.6 Å². The number of aliphatic imine (C=N–C) groups is 1. The number of aromatic nitrogens is 2. The van der Waals surface area contributed by atoms with Crippen LogP contribution in [0.1, 0.15) is 25.3 Å². The van der Waals surface area contributed by atoms with E-state index in [1.54, 1.807) is 17.0 Å². The first-order chi connectivity index (χ1) is 6.73. The van der Waals surface area contributed by atoms with E-state index in [4.69, 9.17) is 11.6 Å². The van der Waals surface area contributed by atoms with Crippen LogP contribution in [0.15, 0.2) is 11.2 Å². The fourth-order valence-corrected chi connectivity index (χ4v) is 1.94. The molecule has 1 aromatic heterocycles. The summed E-state index contributed by atoms with van der Waals surface area (Å²) in [5, 5.41) is 4.70. The summed E-state index contributed by atoms with van der Waals surface area (Å²) in [7, 11) is 0. The number of halogens is 1. The molecule has 1 saturated carbocycles. The molecule has 0 spiro atoms. The number of hydrogen-bond acceptors (Lipinski definition) is 3. The molecule has 0 radical (unpaired) electrons. The summed E-state index contributed by atoms with van der Waals surface area (Å²) in [4.78, 5) is 14.1. The summed E-state index contributed by atoms with van der Waals surface area (Å²) in [5.41, 5.74) is 0.441. The molecule has 0 bridgehead atoms. The number of isocyanates is 1. The lowest BCUT2D eigenvalue weighted by atomic mass is 10.1. The molecule has 0 amide bonds. The molecule has 1 aliphatic carbocycles. The summed E-state index contributed by atoms with van der Waals surface area (Å²) >= 11 is 6.10. The van der Waals surface area contributed by atoms with Crippen LogP contribution in [0.2, 0.25) is 5.15 Å². The van der Waals surface area contributed by atoms with E-state index in [1.807, 2.05) is 6.92 Å². The summed E-state index contributed by atoms with van der Waals surface area (Å²) in [6, 6.07) is 0. The second-order valence-corrected chi connectivity index (χ2v) is 3.76. The lowest BCUT2D eigenvalue weighted by molar-refractivity contribution is 0.556. The number of nitrogens with zero attached hydrogens (tertiary/aromatic N) is 3. The normalized spacial score (nSPS) is 17.6. The van der Waals surface area contributed by atoms with Gasteiger partial charge in [0.25, 0.3) is 0 Å². The van der Waals surface area contributed by atoms with Crippen molar-refractivity contribution >= 4 is 17.7 Å². The van der Waals surface area contributed by atoms with E-state index in [0.717, 1.165) is 24.9 Å². The van der Waals surface area contributed by atoms with Gasteiger partial charge in [-0.05, 0) is 19.8 Å². The second-order valence-electron chi connectivity index (χ2n) is 3.40. The maximum absolute atomic E-state index is 10.3. The third kappa shape index (κ3) is 1.27. The van der Waals surface area contributed by atoms with Gasteiger partial charge in [0.1, 0.15) is 10.7 Å². The van der Waals surface area contributed by atoms with E-state index in [9.17, 15) is 4.79 Å². The van der Waals surface area contributed by atoms with Crippen molar-refractivity contribution < 1.29 is 4.79 Å². The molecule has 4 nitrogen and oxygen atoms in total. The van der Waals surface area contributed by atoms with Crippen molar-refractivity contribution in [2.75, 3.05) is 0 Å². The van der Waals surface area contributed by atoms with Gasteiger partial charge in [-0.25, -0.2) is 4.79 Å². The molecule has 0 saturated heterocycles. The summed E-state index contributed by atoms with van der Waals surface area (Å²) < 4.78 is 1.69. The minimum absolute atomic E-state index is 0.410. The van der Waals surface area contributed by atoms with Crippen LogP contribution in [0.4, 0.5) is 0 Å². The number of carbonyl (C=O) groups excluding carboxylic acids is 1. The van der Waals surface area contributed by atoms with Crippen LogP contribution in [0.3, 0.4) is 0 Å². The van der Waals surface area contributed by atoms with E-state index in [0.29, 0.717) is 5.15 Å². The summed E-state index contributed by atoms with van der Waals surface area (Å²) in [6.07, 6.45) is 5.01. The smallest absolute Gasteiger partial charge is 0.235 e. The highest BCUT2D eigenvalue weighted by molar-refractivity contribution is 6.30. The predicted octanol–water partition coefficient (Wildman–Crippen LogP) is 1.88. The molecule has 0 aliphatic heterocycles. The first kappa shape index (κ1) is 9.44. The Kier molecular flexibility index (Phi) is 2.17. The molecule has 1 aromatic rings. The SMILES string of the molecule is CCn1ncc(C2(N=C=O)CC2)c1Cl. The van der Waals surface area contributed by atoms with Gasteiger partial charge in [-0.2, -0.15) is 10.1 Å². The predicted molar refractivity (Wildman–Crippen MR) is 51.9 cm³/mol. The topological polar surface area (TPSA) is 47.2 Å². The maximum atomic E-state index is 10.3. The van der Waals surface area contributed by atoms with E-state index < -0.39 is 5.54 Å². The average Bonchev–Trinajstić information content (AvgIpc) is 2.84. The molecule has 14 heavy (non-hydrogen) atoms. The van der Waals surface area contributed by atoms with Crippen LogP contribution < -0.4 is 0 Å². The van der Waals surface area contributed by atoms with Gasteiger partial charge in [0.15, 0.2) is 0 Å². The monoisotopic (exact) mass is 211 g/mol. The van der Waals surface area contributed by atoms with Crippen molar-refractivity contribution in [3.63, 3.8) is 0 Å². The van der Waals surface area contributed by atoms with Crippen molar-refractivity contribution in [3.05, 3.63) is 16.9 Å². The molecule has 0 N–H and O–H groups in total. The molecule has 1 heterocycles. The highest BCUT2D eigenvalue weighted by Crippen LogP contribution is 2.51. The highest BCUT2D eigenvalue weighted by atomic mass is 35.5. The van der Waals surface area contributed by atoms with Crippen molar-refractivity contribution in [2.45, 2.75) is 31.8 Å². The minimum Gasteiger partial charge on any atom is -0.254 e. The zero-order valence-corrected chi connectivity index (χ0v) is 8.58. The van der Waals surface area contributed by atoms with Gasteiger partial charge in [0.2, 0.25) is 6.08 Å². The molecule has 2 rings (SSSR count). The van der Waals surface area contributed by atoms with Gasteiger partial charge in [-0.15, -0.1) is 0 Å². The van der Waals surface area contributed by atoms with Crippen LogP contribution in [0.5, 0.6) is 0 Å². The van der Waals surface area contributed by atoms with Crippen LogP contribution in [-0.4, -0.2) is 15.9 Å². The van der Waals surface area contributed by atoms with E-state index in [2.05, 4.69) is 10.1 Å². The largest absolute Gasteiger partial charge is 0.254 e. The number of aryl methyl sites for hydroxylation is 1. The quantitative estimate of drug-likeness (QED) is 0.566. The fourth-order valence-electron chi connectivity index (χ4n) is 1.55. The molecule has 74 valence electrons. The standard InChI is InChI=1S/C9H10ClN3O/c1-2-13-8(10)7(5-12-13)9(3-4-9)11-6-14/h5H,2-4H2,1H3. The maximum Gasteiger partial charge on any atom is 0.235 e. The first-order valence-corrected chi connectivity index (χ1v) is 4.92. The third-order valence-electron chi connectivity index (χ3n) is 2.56. The van der Waals surface area contributed by atoms with Crippen molar-refractivity contribution in [2.24, 2.45) is 4.99 Å². The fraction of sp³-hybridized carbons (Fsp3) is 0.556. The summed E-state index contributed by atoms with van der Waals surface area (Å²) in [6.45, 7) is 2.69. The van der Waals surface area contributed by atoms with Crippen LogP contribution in [0.25, 0.3) is 0 Å². The molecule has 5 heteroatoms. The van der Waals surface area contributed by atoms with E-state index in [-0.39, 0.29) is 0 Å². The molecular formula is C9H10ClN3O. The summed E-state index contributed by atoms with van der Waals surface area (Å²) in [5.74, 6) is 0. The molecule has 0 atom stereocenters. The third-order valence-corrected chi connectivity index (χ3v) is 2.96. The van der Waals surface area contributed by atoms with Gasteiger partial charge >= 0.3 is 0 Å². The Bertz CT molecular complexity index is 402. The van der Waals surface area contributed by atoms with Crippen molar-refractivity contribution in [1.29, 1.82) is 0 Å².